The van der Waals surface area contributed by atoms with Crippen molar-refractivity contribution < 1.29 is 5.11 Å². The smallest absolute Gasteiger partial charge is 0.164 e. The molecule has 0 aliphatic rings. The lowest BCUT2D eigenvalue weighted by atomic mass is 10.4. The highest BCUT2D eigenvalue weighted by Crippen LogP contribution is 2.14. The molecule has 5 heteroatoms. The van der Waals surface area contributed by atoms with Crippen molar-refractivity contribution >= 4 is 17.4 Å². The minimum atomic E-state index is -0.439. The van der Waals surface area contributed by atoms with E-state index in [2.05, 4.69) is 5.10 Å². The van der Waals surface area contributed by atoms with Gasteiger partial charge in [0.15, 0.2) is 5.82 Å². The molecule has 1 atom stereocenters. The van der Waals surface area contributed by atoms with Gasteiger partial charge in [-0.25, -0.2) is 0 Å². The predicted molar refractivity (Wildman–Crippen MR) is 43.3 cm³/mol. The molecule has 1 aromatic heterocycles. The van der Waals surface area contributed by atoms with Crippen LogP contribution in [0.5, 0.6) is 0 Å². The molecule has 0 aromatic carbocycles. The monoisotopic (exact) mass is 175 g/mol. The summed E-state index contributed by atoms with van der Waals surface area (Å²) < 4.78 is 1.52. The van der Waals surface area contributed by atoms with Gasteiger partial charge in [0.1, 0.15) is 5.02 Å². The van der Waals surface area contributed by atoms with E-state index >= 15 is 0 Å². The third-order valence-corrected chi connectivity index (χ3v) is 1.49. The van der Waals surface area contributed by atoms with E-state index in [1.165, 1.54) is 4.68 Å². The van der Waals surface area contributed by atoms with E-state index in [1.54, 1.807) is 13.1 Å². The number of halogens is 1. The van der Waals surface area contributed by atoms with E-state index in [4.69, 9.17) is 22.4 Å². The minimum absolute atomic E-state index is 0.298. The summed E-state index contributed by atoms with van der Waals surface area (Å²) in [5.41, 5.74) is 5.37. The zero-order chi connectivity index (χ0) is 8.43. The van der Waals surface area contributed by atoms with Crippen LogP contribution in [0.2, 0.25) is 5.02 Å². The molecule has 0 fully saturated rings. The van der Waals surface area contributed by atoms with Gasteiger partial charge in [0, 0.05) is 6.20 Å². The second-order valence-electron chi connectivity index (χ2n) is 2.43. The number of nitrogens with two attached hydrogens (primary N) is 1. The molecule has 62 valence electrons. The molecular weight excluding hydrogens is 166 g/mol. The Morgan fingerprint density at radius 1 is 1.91 bits per heavy atom. The molecule has 0 aliphatic carbocycles. The van der Waals surface area contributed by atoms with Crippen molar-refractivity contribution in [3.8, 4) is 0 Å². The number of hydrogen-bond donors (Lipinski definition) is 2. The van der Waals surface area contributed by atoms with Crippen LogP contribution in [-0.4, -0.2) is 21.0 Å². The molecule has 1 unspecified atom stereocenters. The minimum Gasteiger partial charge on any atom is -0.391 e. The predicted octanol–water partition coefficient (Wildman–Crippen LogP) is 0.499. The first-order chi connectivity index (χ1) is 5.09. The third kappa shape index (κ3) is 2.10. The Morgan fingerprint density at radius 3 is 2.91 bits per heavy atom. The van der Waals surface area contributed by atoms with Gasteiger partial charge < -0.3 is 10.8 Å². The SMILES string of the molecule is CC(O)Cn1cc(Cl)c(N)n1. The van der Waals surface area contributed by atoms with Crippen molar-refractivity contribution in [2.45, 2.75) is 19.6 Å². The van der Waals surface area contributed by atoms with E-state index in [-0.39, 0.29) is 0 Å². The maximum absolute atomic E-state index is 8.96. The molecule has 4 nitrogen and oxygen atoms in total. The Bertz CT molecular complexity index is 226. The number of rotatable bonds is 2. The Labute approximate surface area is 69.6 Å². The van der Waals surface area contributed by atoms with Gasteiger partial charge in [0.05, 0.1) is 12.6 Å². The van der Waals surface area contributed by atoms with Crippen molar-refractivity contribution in [1.29, 1.82) is 0 Å². The molecular formula is C6H10ClN3O. The molecule has 11 heavy (non-hydrogen) atoms. The van der Waals surface area contributed by atoms with Gasteiger partial charge in [-0.3, -0.25) is 4.68 Å². The van der Waals surface area contributed by atoms with Crippen LogP contribution in [0.3, 0.4) is 0 Å². The van der Waals surface area contributed by atoms with Crippen LogP contribution >= 0.6 is 11.6 Å². The van der Waals surface area contributed by atoms with Crippen molar-refractivity contribution in [1.82, 2.24) is 9.78 Å². The highest BCUT2D eigenvalue weighted by Gasteiger charge is 2.03. The summed E-state index contributed by atoms with van der Waals surface area (Å²) in [5, 5.41) is 13.2. The largest absolute Gasteiger partial charge is 0.391 e. The summed E-state index contributed by atoms with van der Waals surface area (Å²) >= 11 is 5.62. The maximum Gasteiger partial charge on any atom is 0.164 e. The highest BCUT2D eigenvalue weighted by atomic mass is 35.5. The van der Waals surface area contributed by atoms with E-state index in [9.17, 15) is 0 Å². The number of hydrogen-bond acceptors (Lipinski definition) is 3. The zero-order valence-corrected chi connectivity index (χ0v) is 6.91. The van der Waals surface area contributed by atoms with E-state index in [0.29, 0.717) is 17.4 Å². The number of anilines is 1. The van der Waals surface area contributed by atoms with Crippen LogP contribution in [0.4, 0.5) is 5.82 Å². The summed E-state index contributed by atoms with van der Waals surface area (Å²) in [6.07, 6.45) is 1.15. The standard InChI is InChI=1S/C6H10ClN3O/c1-4(11)2-10-3-5(7)6(8)9-10/h3-4,11H,2H2,1H3,(H2,8,9). The molecule has 0 saturated carbocycles. The number of aromatic nitrogens is 2. The fraction of sp³-hybridized carbons (Fsp3) is 0.500. The topological polar surface area (TPSA) is 64.1 Å². The molecule has 0 saturated heterocycles. The van der Waals surface area contributed by atoms with Gasteiger partial charge in [0.25, 0.3) is 0 Å². The fourth-order valence-corrected chi connectivity index (χ4v) is 0.927. The summed E-state index contributed by atoms with van der Waals surface area (Å²) in [4.78, 5) is 0. The molecule has 0 bridgehead atoms. The lowest BCUT2D eigenvalue weighted by Gasteiger charge is -2.02. The van der Waals surface area contributed by atoms with Gasteiger partial charge in [0.2, 0.25) is 0 Å². The first-order valence-corrected chi connectivity index (χ1v) is 3.64. The molecule has 0 spiro atoms. The van der Waals surface area contributed by atoms with Crippen molar-refractivity contribution in [3.05, 3.63) is 11.2 Å². The summed E-state index contributed by atoms with van der Waals surface area (Å²) in [6.45, 7) is 2.09. The second-order valence-corrected chi connectivity index (χ2v) is 2.84. The van der Waals surface area contributed by atoms with Crippen molar-refractivity contribution in [2.24, 2.45) is 0 Å². The van der Waals surface area contributed by atoms with Crippen LogP contribution < -0.4 is 5.73 Å². The van der Waals surface area contributed by atoms with Crippen LogP contribution in [0.1, 0.15) is 6.92 Å². The van der Waals surface area contributed by atoms with Crippen LogP contribution in [-0.2, 0) is 6.54 Å². The zero-order valence-electron chi connectivity index (χ0n) is 6.16. The number of nitrogen functional groups attached to an aromatic ring is 1. The van der Waals surface area contributed by atoms with Gasteiger partial charge >= 0.3 is 0 Å². The molecule has 1 heterocycles. The molecule has 1 rings (SSSR count). The first kappa shape index (κ1) is 8.36. The Morgan fingerprint density at radius 2 is 2.55 bits per heavy atom. The van der Waals surface area contributed by atoms with Gasteiger partial charge in [-0.15, -0.1) is 0 Å². The van der Waals surface area contributed by atoms with E-state index < -0.39 is 6.10 Å². The third-order valence-electron chi connectivity index (χ3n) is 1.19. The Balaban J connectivity index is 2.73. The average molecular weight is 176 g/mol. The second kappa shape index (κ2) is 3.11. The summed E-state index contributed by atoms with van der Waals surface area (Å²) in [7, 11) is 0. The quantitative estimate of drug-likeness (QED) is 0.688. The summed E-state index contributed by atoms with van der Waals surface area (Å²) in [5.74, 6) is 0.298. The number of aliphatic hydroxyl groups is 1. The van der Waals surface area contributed by atoms with Gasteiger partial charge in [-0.1, -0.05) is 11.6 Å². The first-order valence-electron chi connectivity index (χ1n) is 3.26. The van der Waals surface area contributed by atoms with Crippen LogP contribution in [0, 0.1) is 0 Å². The Kier molecular flexibility index (Phi) is 2.36. The van der Waals surface area contributed by atoms with E-state index in [1.807, 2.05) is 0 Å². The molecule has 0 radical (unpaired) electrons. The summed E-state index contributed by atoms with van der Waals surface area (Å²) in [6, 6.07) is 0. The average Bonchev–Trinajstić information content (AvgIpc) is 2.10. The van der Waals surface area contributed by atoms with Crippen molar-refractivity contribution in [2.75, 3.05) is 5.73 Å². The van der Waals surface area contributed by atoms with Crippen molar-refractivity contribution in [3.63, 3.8) is 0 Å². The fourth-order valence-electron chi connectivity index (χ4n) is 0.776. The van der Waals surface area contributed by atoms with Gasteiger partial charge in [-0.2, -0.15) is 5.10 Å². The molecule has 0 aliphatic heterocycles. The Hall–Kier alpha value is -0.740. The number of nitrogens with zero attached hydrogens (tertiary/aromatic N) is 2. The maximum atomic E-state index is 8.96. The normalized spacial score (nSPS) is 13.4. The van der Waals surface area contributed by atoms with Crippen LogP contribution in [0.25, 0.3) is 0 Å². The van der Waals surface area contributed by atoms with Crippen LogP contribution in [0.15, 0.2) is 6.20 Å². The highest BCUT2D eigenvalue weighted by molar-refractivity contribution is 6.32. The lowest BCUT2D eigenvalue weighted by Crippen LogP contribution is -2.12. The molecule has 1 aromatic rings. The van der Waals surface area contributed by atoms with Gasteiger partial charge in [-0.05, 0) is 6.92 Å². The van der Waals surface area contributed by atoms with E-state index in [0.717, 1.165) is 0 Å². The molecule has 3 N–H and O–H groups in total. The number of aliphatic hydroxyl groups excluding tert-OH is 1. The molecule has 0 amide bonds. The lowest BCUT2D eigenvalue weighted by molar-refractivity contribution is 0.168.